The number of rotatable bonds is 23. The highest BCUT2D eigenvalue weighted by atomic mass is 16.7. The molecule has 0 unspecified atom stereocenters. The number of piperidine rings is 1. The highest BCUT2D eigenvalue weighted by Crippen LogP contribution is 2.43. The Balaban J connectivity index is 0.795. The Morgan fingerprint density at radius 1 is 0.802 bits per heavy atom. The van der Waals surface area contributed by atoms with Gasteiger partial charge in [0, 0.05) is 141 Å². The number of primary amides is 1. The lowest BCUT2D eigenvalue weighted by molar-refractivity contribution is -0.137. The summed E-state index contributed by atoms with van der Waals surface area (Å²) < 4.78 is 30.3. The number of phenolic OH excluding ortho intramolecular Hbond substituents is 1. The fourth-order valence-corrected chi connectivity index (χ4v) is 14.7. The van der Waals surface area contributed by atoms with Crippen LogP contribution in [0.5, 0.6) is 11.5 Å². The summed E-state index contributed by atoms with van der Waals surface area (Å²) in [5.74, 6) is -9.65. The van der Waals surface area contributed by atoms with Crippen molar-refractivity contribution in [3.05, 3.63) is 151 Å². The average molecular weight is 1530 g/mol. The summed E-state index contributed by atoms with van der Waals surface area (Å²) in [6.45, 7) is 16.0. The number of nitrogens with one attached hydrogen (secondary N) is 5. The number of anilines is 4. The Morgan fingerprint density at radius 3 is 2.13 bits per heavy atom. The van der Waals surface area contributed by atoms with Crippen LogP contribution in [0.25, 0.3) is 38.7 Å². The first-order valence-electron chi connectivity index (χ1n) is 37.5. The van der Waals surface area contributed by atoms with Gasteiger partial charge in [-0.1, -0.05) is 90.5 Å². The molecule has 8 amide bonds. The number of aromatic nitrogens is 1. The lowest BCUT2D eigenvalue weighted by Gasteiger charge is -2.36. The van der Waals surface area contributed by atoms with Crippen molar-refractivity contribution >= 4 is 109 Å². The number of fused-ring (bicyclic) bond motifs is 2. The molecule has 4 aliphatic heterocycles. The lowest BCUT2D eigenvalue weighted by atomic mass is 9.78. The Labute approximate surface area is 641 Å². The third-order valence-electron chi connectivity index (χ3n) is 21.6. The monoisotopic (exact) mass is 1530 g/mol. The van der Waals surface area contributed by atoms with E-state index in [0.29, 0.717) is 74.2 Å². The molecule has 0 radical (unpaired) electrons. The molecule has 1 fully saturated rings. The van der Waals surface area contributed by atoms with E-state index in [1.165, 1.54) is 64.5 Å². The standard InChI is InChI=1S/C82H99N9O20/c1-42(2)66(87-60(94)19-12-11-13-34-91-61(95)28-29-62(91)96)56(92)38-52(18-15-33-84-80(83)105)79(104)85-53-24-20-49(21-25-53)41-108-81(106)86-54-26-22-50(23-27-54)51-30-35-90(36-31-51)55-39-57(93)67-59(40-55)110-76-68(88-67)63-64-73(100)48(8)75-65(63)77(102)82(9,111-75)109-37-32-58(107-10)45(5)71(98)47(7)72(99)46(6)70(97)43(3)16-14-17-44(4)78(103)89-69(76)74(64)101/h14,16-17,20-29,32,37,39-40,42-43,45-47,51-52,58,66,70-72,97-100,102H,11-13,15,18-19,30-31,33-36,38,41H2,1-10H3,(H,85,104)(H,86,106)(H,87,94)(H,89,103)(H3,83,84,105)/b16-14+,37-32+,44-17-/t43-,45+,46+,47-,52+,58-,66-,70-,71+,72+,82-/m0/s1. The number of nitrogens with two attached hydrogens (primary N) is 1. The van der Waals surface area contributed by atoms with Crippen LogP contribution in [-0.2, 0) is 49.6 Å². The van der Waals surface area contributed by atoms with Gasteiger partial charge in [0.05, 0.1) is 47.3 Å². The van der Waals surface area contributed by atoms with Gasteiger partial charge in [0.2, 0.25) is 22.7 Å². The summed E-state index contributed by atoms with van der Waals surface area (Å²) in [7, 11) is 1.43. The molecule has 1 aromatic heterocycles. The summed E-state index contributed by atoms with van der Waals surface area (Å²) >= 11 is 0. The van der Waals surface area contributed by atoms with Gasteiger partial charge in [-0.3, -0.25) is 48.6 Å². The number of hydrogen-bond acceptors (Lipinski definition) is 22. The molecule has 29 heteroatoms. The minimum Gasteiger partial charge on any atom is -0.507 e. The molecule has 4 bridgehead atoms. The number of amides is 8. The minimum absolute atomic E-state index is 0.0188. The number of allylic oxidation sites excluding steroid dienone is 2. The first kappa shape index (κ1) is 82.5. The summed E-state index contributed by atoms with van der Waals surface area (Å²) in [4.78, 5) is 141. The quantitative estimate of drug-likeness (QED) is 0.0124. The molecular formula is C82H99N9O20. The molecular weight excluding hydrogens is 1430 g/mol. The first-order valence-corrected chi connectivity index (χ1v) is 37.5. The maximum Gasteiger partial charge on any atom is 0.411 e. The summed E-state index contributed by atoms with van der Waals surface area (Å²) in [6.07, 6.45) is 8.17. The largest absolute Gasteiger partial charge is 0.507 e. The van der Waals surface area contributed by atoms with Gasteiger partial charge in [0.15, 0.2) is 28.2 Å². The van der Waals surface area contributed by atoms with Crippen molar-refractivity contribution in [1.82, 2.24) is 20.5 Å². The summed E-state index contributed by atoms with van der Waals surface area (Å²) in [6, 6.07) is 15.4. The van der Waals surface area contributed by atoms with Crippen LogP contribution in [0.2, 0.25) is 0 Å². The number of aliphatic hydroxyl groups excluding tert-OH is 4. The van der Waals surface area contributed by atoms with E-state index in [0.717, 1.165) is 10.5 Å². The highest BCUT2D eigenvalue weighted by Gasteiger charge is 2.44. The molecule has 5 heterocycles. The van der Waals surface area contributed by atoms with E-state index in [1.54, 1.807) is 96.2 Å². The number of urea groups is 1. The molecule has 10 rings (SSSR count). The molecule has 0 spiro atoms. The Kier molecular flexibility index (Phi) is 26.6. The Morgan fingerprint density at radius 2 is 1.46 bits per heavy atom. The average Bonchev–Trinajstić information content (AvgIpc) is 1.62. The second-order valence-corrected chi connectivity index (χ2v) is 29.8. The van der Waals surface area contributed by atoms with E-state index in [2.05, 4.69) is 26.6 Å². The second-order valence-electron chi connectivity index (χ2n) is 29.8. The van der Waals surface area contributed by atoms with Crippen molar-refractivity contribution in [2.75, 3.05) is 54.1 Å². The Bertz CT molecular complexity index is 4840. The molecule has 12 N–H and O–H groups in total. The van der Waals surface area contributed by atoms with E-state index in [-0.39, 0.29) is 129 Å². The molecule has 592 valence electrons. The number of carbonyl (C=O) groups is 8. The fourth-order valence-electron chi connectivity index (χ4n) is 14.7. The van der Waals surface area contributed by atoms with E-state index in [1.807, 2.05) is 17.0 Å². The van der Waals surface area contributed by atoms with Crippen LogP contribution < -0.4 is 58.0 Å². The van der Waals surface area contributed by atoms with Crippen LogP contribution in [0.3, 0.4) is 0 Å². The number of imide groups is 1. The van der Waals surface area contributed by atoms with E-state index in [9.17, 15) is 68.7 Å². The maximum atomic E-state index is 15.1. The number of hydrogen-bond donors (Lipinski definition) is 11. The molecule has 111 heavy (non-hydrogen) atoms. The van der Waals surface area contributed by atoms with Gasteiger partial charge in [-0.2, -0.15) is 0 Å². The molecule has 4 aliphatic rings. The molecule has 0 aliphatic carbocycles. The van der Waals surface area contributed by atoms with Gasteiger partial charge < -0.3 is 80.8 Å². The normalized spacial score (nSPS) is 23.6. The van der Waals surface area contributed by atoms with E-state index in [4.69, 9.17) is 34.1 Å². The summed E-state index contributed by atoms with van der Waals surface area (Å²) in [5, 5.41) is 71.8. The van der Waals surface area contributed by atoms with Crippen molar-refractivity contribution in [2.45, 2.75) is 169 Å². The predicted molar refractivity (Wildman–Crippen MR) is 416 cm³/mol. The van der Waals surface area contributed by atoms with Crippen LogP contribution in [-0.4, -0.2) is 152 Å². The number of methoxy groups -OCH3 is 1. The minimum atomic E-state index is -2.03. The van der Waals surface area contributed by atoms with Gasteiger partial charge in [0.1, 0.15) is 29.3 Å². The zero-order valence-corrected chi connectivity index (χ0v) is 63.9. The molecule has 5 aromatic carbocycles. The van der Waals surface area contributed by atoms with Crippen molar-refractivity contribution in [1.29, 1.82) is 0 Å². The third-order valence-corrected chi connectivity index (χ3v) is 21.6. The second kappa shape index (κ2) is 35.8. The fraction of sp³-hybridized carbons (Fsp3) is 0.451. The number of Topliss-reactive ketones (excluding diaryl/α,β-unsaturated/α-hetero) is 1. The topological polar surface area (TPSA) is 427 Å². The number of carbonyl (C=O) groups excluding carboxylic acids is 8. The lowest BCUT2D eigenvalue weighted by Crippen LogP contribution is -2.45. The number of unbranched alkanes of at least 4 members (excludes halogenated alkanes) is 2. The highest BCUT2D eigenvalue weighted by molar-refractivity contribution is 6.17. The van der Waals surface area contributed by atoms with Crippen LogP contribution in [0.15, 0.2) is 123 Å². The number of ketones is 1. The molecule has 0 saturated carbocycles. The number of benzene rings is 5. The number of aliphatic hydroxyl groups is 4. The van der Waals surface area contributed by atoms with Gasteiger partial charge in [-0.15, -0.1) is 0 Å². The van der Waals surface area contributed by atoms with Crippen LogP contribution in [0, 0.1) is 42.4 Å². The predicted octanol–water partition coefficient (Wildman–Crippen LogP) is 8.71. The van der Waals surface area contributed by atoms with E-state index < -0.39 is 118 Å². The Hall–Kier alpha value is -11.0. The number of ether oxygens (including phenoxy) is 4. The van der Waals surface area contributed by atoms with Crippen molar-refractivity contribution in [3.8, 4) is 11.5 Å². The van der Waals surface area contributed by atoms with Crippen LogP contribution in [0.4, 0.5) is 32.3 Å². The number of aromatic hydroxyl groups is 1. The van der Waals surface area contributed by atoms with Crippen LogP contribution >= 0.6 is 0 Å². The number of phenols is 1. The van der Waals surface area contributed by atoms with Gasteiger partial charge in [-0.25, -0.2) is 14.6 Å². The smallest absolute Gasteiger partial charge is 0.411 e. The van der Waals surface area contributed by atoms with Gasteiger partial charge in [0.25, 0.3) is 17.7 Å². The van der Waals surface area contributed by atoms with Crippen LogP contribution in [0.1, 0.15) is 136 Å². The van der Waals surface area contributed by atoms with Gasteiger partial charge >= 0.3 is 17.9 Å². The van der Waals surface area contributed by atoms with Crippen molar-refractivity contribution in [3.63, 3.8) is 0 Å². The van der Waals surface area contributed by atoms with Gasteiger partial charge in [-0.05, 0) is 106 Å². The number of nitrogens with zero attached hydrogens (tertiary/aromatic N) is 3. The first-order chi connectivity index (χ1) is 52.8. The van der Waals surface area contributed by atoms with E-state index >= 15 is 4.79 Å². The summed E-state index contributed by atoms with van der Waals surface area (Å²) in [5.41, 5.74) is 5.72. The molecule has 29 nitrogen and oxygen atoms in total. The van der Waals surface area contributed by atoms with Crippen molar-refractivity contribution < 1.29 is 87.3 Å². The maximum absolute atomic E-state index is 15.1. The zero-order valence-electron chi connectivity index (χ0n) is 63.9. The molecule has 11 atom stereocenters. The SMILES string of the molecule is CO[C@H]1/C=C/O[C@@]2(C)Oc3c(C)c(O)c4c(=O)c(c5oc6cc(N7CCC(c8ccc(NC(=O)OCc9ccc(NC(=O)[C@H](CCCNC(N)=O)CC(=O)[C@@H](NC(=O)CCCCCN%10C(=O)C=CC%10=O)C(C)C)cc9)cc8)CC7)cc(=O)c6nc5c4c3=C2O)NC(=O)/C(C)=C\C=C\[C@H](C)[C@H](O)[C@@H](C)[C@@H](O)[C@@H](C)[C@H](O)[C@@H]1C. The molecule has 6 aromatic rings. The van der Waals surface area contributed by atoms with Crippen molar-refractivity contribution in [2.24, 2.45) is 41.2 Å². The molecule has 1 saturated heterocycles. The third kappa shape index (κ3) is 18.9. The zero-order chi connectivity index (χ0) is 80.4.